The van der Waals surface area contributed by atoms with Crippen LogP contribution < -0.4 is 4.74 Å². The Hall–Kier alpha value is -1.80. The molecule has 0 bridgehead atoms. The first-order chi connectivity index (χ1) is 13.0. The Morgan fingerprint density at radius 3 is 2.67 bits per heavy atom. The Morgan fingerprint density at radius 2 is 2.00 bits per heavy atom. The minimum absolute atomic E-state index is 0.274. The van der Waals surface area contributed by atoms with Gasteiger partial charge in [-0.05, 0) is 64.3 Å². The van der Waals surface area contributed by atoms with Crippen LogP contribution in [0.25, 0.3) is 6.08 Å². The van der Waals surface area contributed by atoms with Crippen molar-refractivity contribution in [3.05, 3.63) is 33.1 Å². The van der Waals surface area contributed by atoms with E-state index in [1.54, 1.807) is 12.1 Å². The van der Waals surface area contributed by atoms with Crippen LogP contribution in [0.4, 0.5) is 4.79 Å². The van der Waals surface area contributed by atoms with Gasteiger partial charge in [0.1, 0.15) is 12.3 Å². The van der Waals surface area contributed by atoms with Crippen molar-refractivity contribution in [2.24, 2.45) is 0 Å². The van der Waals surface area contributed by atoms with Crippen LogP contribution in [0.2, 0.25) is 0 Å². The van der Waals surface area contributed by atoms with Crippen molar-refractivity contribution in [3.63, 3.8) is 0 Å². The SMILES string of the molecule is CCCCOC(=O)CN1C(=O)S/C(=C\c2ccc(OCCC)c(Br)c2)C1=O. The lowest BCUT2D eigenvalue weighted by Gasteiger charge is -2.11. The van der Waals surface area contributed by atoms with Gasteiger partial charge >= 0.3 is 5.97 Å². The number of unbranched alkanes of at least 4 members (excludes halogenated alkanes) is 1. The number of halogens is 1. The number of nitrogens with zero attached hydrogens (tertiary/aromatic N) is 1. The fraction of sp³-hybridized carbons (Fsp3) is 0.421. The van der Waals surface area contributed by atoms with Crippen LogP contribution in [-0.2, 0) is 14.3 Å². The number of amides is 2. The summed E-state index contributed by atoms with van der Waals surface area (Å²) in [6.07, 6.45) is 4.18. The van der Waals surface area contributed by atoms with Gasteiger partial charge < -0.3 is 9.47 Å². The van der Waals surface area contributed by atoms with Crippen molar-refractivity contribution in [2.45, 2.75) is 33.1 Å². The van der Waals surface area contributed by atoms with E-state index in [4.69, 9.17) is 9.47 Å². The number of benzene rings is 1. The van der Waals surface area contributed by atoms with Gasteiger partial charge in [0, 0.05) is 0 Å². The molecule has 8 heteroatoms. The minimum atomic E-state index is -0.577. The van der Waals surface area contributed by atoms with E-state index in [0.717, 1.165) is 51.7 Å². The number of carbonyl (C=O) groups excluding carboxylic acids is 3. The van der Waals surface area contributed by atoms with Crippen molar-refractivity contribution in [3.8, 4) is 5.75 Å². The fourth-order valence-corrected chi connectivity index (χ4v) is 3.58. The zero-order chi connectivity index (χ0) is 19.8. The lowest BCUT2D eigenvalue weighted by molar-refractivity contribution is -0.146. The molecule has 2 rings (SSSR count). The predicted octanol–water partition coefficient (Wildman–Crippen LogP) is 4.62. The summed E-state index contributed by atoms with van der Waals surface area (Å²) in [5.74, 6) is -0.344. The summed E-state index contributed by atoms with van der Waals surface area (Å²) in [5, 5.41) is -0.472. The monoisotopic (exact) mass is 455 g/mol. The van der Waals surface area contributed by atoms with Gasteiger partial charge in [-0.25, -0.2) is 0 Å². The number of thioether (sulfide) groups is 1. The van der Waals surface area contributed by atoms with Gasteiger partial charge in [0.25, 0.3) is 11.1 Å². The molecular formula is C19H22BrNO5S. The molecule has 1 saturated heterocycles. The first-order valence-electron chi connectivity index (χ1n) is 8.79. The number of carbonyl (C=O) groups is 3. The van der Waals surface area contributed by atoms with Gasteiger partial charge in [0.15, 0.2) is 0 Å². The van der Waals surface area contributed by atoms with Crippen LogP contribution in [0, 0.1) is 0 Å². The summed E-state index contributed by atoms with van der Waals surface area (Å²) < 4.78 is 11.4. The number of hydrogen-bond donors (Lipinski definition) is 0. The Bertz CT molecular complexity index is 750. The molecule has 1 aliphatic heterocycles. The van der Waals surface area contributed by atoms with Crippen LogP contribution >= 0.6 is 27.7 Å². The quantitative estimate of drug-likeness (QED) is 0.307. The zero-order valence-corrected chi connectivity index (χ0v) is 17.7. The molecule has 1 aromatic carbocycles. The molecule has 1 aromatic rings. The van der Waals surface area contributed by atoms with Gasteiger partial charge in [0.2, 0.25) is 0 Å². The van der Waals surface area contributed by atoms with E-state index < -0.39 is 17.1 Å². The third-order valence-electron chi connectivity index (χ3n) is 3.64. The molecule has 0 radical (unpaired) electrons. The van der Waals surface area contributed by atoms with E-state index in [9.17, 15) is 14.4 Å². The highest BCUT2D eigenvalue weighted by molar-refractivity contribution is 9.10. The molecule has 6 nitrogen and oxygen atoms in total. The highest BCUT2D eigenvalue weighted by atomic mass is 79.9. The standard InChI is InChI=1S/C19H22BrNO5S/c1-3-5-9-26-17(22)12-21-18(23)16(27-19(21)24)11-13-6-7-15(14(20)10-13)25-8-4-2/h6-7,10-11H,3-5,8-9,12H2,1-2H3/b16-11-. The molecule has 0 atom stereocenters. The highest BCUT2D eigenvalue weighted by Gasteiger charge is 2.36. The Kier molecular flexibility index (Phi) is 8.37. The molecule has 0 unspecified atom stereocenters. The van der Waals surface area contributed by atoms with E-state index in [1.807, 2.05) is 26.0 Å². The number of esters is 1. The predicted molar refractivity (Wildman–Crippen MR) is 108 cm³/mol. The van der Waals surface area contributed by atoms with Gasteiger partial charge in [-0.15, -0.1) is 0 Å². The molecular weight excluding hydrogens is 434 g/mol. The van der Waals surface area contributed by atoms with Crippen molar-refractivity contribution in [1.82, 2.24) is 4.90 Å². The third-order valence-corrected chi connectivity index (χ3v) is 5.16. The molecule has 146 valence electrons. The van der Waals surface area contributed by atoms with Crippen molar-refractivity contribution < 1.29 is 23.9 Å². The maximum atomic E-state index is 12.5. The molecule has 0 saturated carbocycles. The maximum Gasteiger partial charge on any atom is 0.326 e. The molecule has 1 fully saturated rings. The Morgan fingerprint density at radius 1 is 1.22 bits per heavy atom. The fourth-order valence-electron chi connectivity index (χ4n) is 2.23. The van der Waals surface area contributed by atoms with Gasteiger partial charge in [0.05, 0.1) is 22.6 Å². The van der Waals surface area contributed by atoms with E-state index in [0.29, 0.717) is 13.2 Å². The van der Waals surface area contributed by atoms with Crippen LogP contribution in [0.15, 0.2) is 27.6 Å². The average molecular weight is 456 g/mol. The number of hydrogen-bond acceptors (Lipinski definition) is 6. The molecule has 0 spiro atoms. The third kappa shape index (κ3) is 6.10. The van der Waals surface area contributed by atoms with Crippen molar-refractivity contribution >= 4 is 50.9 Å². The van der Waals surface area contributed by atoms with Crippen molar-refractivity contribution in [2.75, 3.05) is 19.8 Å². The highest BCUT2D eigenvalue weighted by Crippen LogP contribution is 2.33. The second-order valence-electron chi connectivity index (χ2n) is 5.88. The summed E-state index contributed by atoms with van der Waals surface area (Å²) in [6.45, 7) is 4.56. The summed E-state index contributed by atoms with van der Waals surface area (Å²) >= 11 is 4.26. The zero-order valence-electron chi connectivity index (χ0n) is 15.3. The van der Waals surface area contributed by atoms with Gasteiger partial charge in [-0.3, -0.25) is 19.3 Å². The van der Waals surface area contributed by atoms with Crippen LogP contribution in [-0.4, -0.2) is 41.8 Å². The largest absolute Gasteiger partial charge is 0.492 e. The maximum absolute atomic E-state index is 12.5. The van der Waals surface area contributed by atoms with Gasteiger partial charge in [-0.1, -0.05) is 26.3 Å². The summed E-state index contributed by atoms with van der Waals surface area (Å²) in [4.78, 5) is 37.5. The summed E-state index contributed by atoms with van der Waals surface area (Å²) in [5.41, 5.74) is 0.752. The Labute approximate surface area is 171 Å². The summed E-state index contributed by atoms with van der Waals surface area (Å²) in [7, 11) is 0. The Balaban J connectivity index is 2.05. The van der Waals surface area contributed by atoms with E-state index >= 15 is 0 Å². The molecule has 27 heavy (non-hydrogen) atoms. The first-order valence-corrected chi connectivity index (χ1v) is 10.4. The molecule has 0 aromatic heterocycles. The van der Waals surface area contributed by atoms with Crippen LogP contribution in [0.1, 0.15) is 38.7 Å². The molecule has 1 aliphatic rings. The molecule has 2 amide bonds. The lowest BCUT2D eigenvalue weighted by Crippen LogP contribution is -2.34. The minimum Gasteiger partial charge on any atom is -0.492 e. The number of ether oxygens (including phenoxy) is 2. The number of imide groups is 1. The molecule has 0 aliphatic carbocycles. The van der Waals surface area contributed by atoms with E-state index in [2.05, 4.69) is 15.9 Å². The topological polar surface area (TPSA) is 72.9 Å². The average Bonchev–Trinajstić information content (AvgIpc) is 2.89. The smallest absolute Gasteiger partial charge is 0.326 e. The van der Waals surface area contributed by atoms with Crippen LogP contribution in [0.5, 0.6) is 5.75 Å². The van der Waals surface area contributed by atoms with E-state index in [-0.39, 0.29) is 11.4 Å². The summed E-state index contributed by atoms with van der Waals surface area (Å²) in [6, 6.07) is 5.43. The molecule has 0 N–H and O–H groups in total. The second kappa shape index (κ2) is 10.5. The second-order valence-corrected chi connectivity index (χ2v) is 7.73. The van der Waals surface area contributed by atoms with Gasteiger partial charge in [-0.2, -0.15) is 0 Å². The van der Waals surface area contributed by atoms with E-state index in [1.165, 1.54) is 0 Å². The van der Waals surface area contributed by atoms with Crippen molar-refractivity contribution in [1.29, 1.82) is 0 Å². The first kappa shape index (κ1) is 21.5. The lowest BCUT2D eigenvalue weighted by atomic mass is 10.2. The van der Waals surface area contributed by atoms with Crippen LogP contribution in [0.3, 0.4) is 0 Å². The normalized spacial score (nSPS) is 15.5. The number of rotatable bonds is 9. The molecule has 1 heterocycles.